The molecule has 0 spiro atoms. The van der Waals surface area contributed by atoms with Crippen molar-refractivity contribution in [1.29, 1.82) is 0 Å². The maximum atomic E-state index is 11.7. The number of nitrogens with one attached hydrogen (secondary N) is 1. The summed E-state index contributed by atoms with van der Waals surface area (Å²) in [6, 6.07) is 0. The first-order valence-electron chi connectivity index (χ1n) is 5.76. The standard InChI is InChI=1S/C11H21NO4S/c1-4-5-6-12-9(13)7-17(16)10(8(2)3)11(14)15/h8,10H,4-7H2,1-3H3,(H,12,13)(H,14,15). The summed E-state index contributed by atoms with van der Waals surface area (Å²) in [4.78, 5) is 22.3. The maximum Gasteiger partial charge on any atom is 0.319 e. The van der Waals surface area contributed by atoms with Gasteiger partial charge in [0.25, 0.3) is 0 Å². The van der Waals surface area contributed by atoms with Crippen LogP contribution in [0.25, 0.3) is 0 Å². The van der Waals surface area contributed by atoms with Crippen LogP contribution in [0, 0.1) is 5.92 Å². The Balaban J connectivity index is 4.22. The van der Waals surface area contributed by atoms with Gasteiger partial charge in [0.2, 0.25) is 5.91 Å². The van der Waals surface area contributed by atoms with Gasteiger partial charge in [0.15, 0.2) is 0 Å². The van der Waals surface area contributed by atoms with Crippen molar-refractivity contribution in [3.05, 3.63) is 0 Å². The summed E-state index contributed by atoms with van der Waals surface area (Å²) in [5.41, 5.74) is 0. The van der Waals surface area contributed by atoms with E-state index in [-0.39, 0.29) is 17.6 Å². The average molecular weight is 263 g/mol. The molecule has 0 radical (unpaired) electrons. The summed E-state index contributed by atoms with van der Waals surface area (Å²) in [7, 11) is -1.67. The lowest BCUT2D eigenvalue weighted by Crippen LogP contribution is -2.37. The van der Waals surface area contributed by atoms with E-state index < -0.39 is 22.0 Å². The van der Waals surface area contributed by atoms with Gasteiger partial charge in [-0.15, -0.1) is 0 Å². The molecule has 0 heterocycles. The zero-order chi connectivity index (χ0) is 13.4. The van der Waals surface area contributed by atoms with E-state index >= 15 is 0 Å². The van der Waals surface area contributed by atoms with Gasteiger partial charge in [0, 0.05) is 17.3 Å². The number of carbonyl (C=O) groups is 2. The van der Waals surface area contributed by atoms with Crippen LogP contribution in [0.5, 0.6) is 0 Å². The van der Waals surface area contributed by atoms with Crippen LogP contribution in [0.15, 0.2) is 0 Å². The van der Waals surface area contributed by atoms with Gasteiger partial charge in [0.1, 0.15) is 11.0 Å². The Bertz CT molecular complexity index is 291. The van der Waals surface area contributed by atoms with Crippen LogP contribution in [0.1, 0.15) is 33.6 Å². The third-order valence-corrected chi connectivity index (χ3v) is 4.12. The fourth-order valence-electron chi connectivity index (χ4n) is 1.38. The molecule has 5 nitrogen and oxygen atoms in total. The van der Waals surface area contributed by atoms with E-state index in [0.717, 1.165) is 12.8 Å². The van der Waals surface area contributed by atoms with Gasteiger partial charge in [-0.1, -0.05) is 27.2 Å². The molecule has 0 saturated carbocycles. The molecule has 6 heteroatoms. The number of hydrogen-bond donors (Lipinski definition) is 2. The Morgan fingerprint density at radius 2 is 1.94 bits per heavy atom. The fraction of sp³-hybridized carbons (Fsp3) is 0.818. The van der Waals surface area contributed by atoms with E-state index in [1.807, 2.05) is 6.92 Å². The Hall–Kier alpha value is -0.910. The minimum absolute atomic E-state index is 0.237. The van der Waals surface area contributed by atoms with Gasteiger partial charge in [-0.3, -0.25) is 13.8 Å². The average Bonchev–Trinajstić information content (AvgIpc) is 2.16. The molecular formula is C11H21NO4S. The molecule has 0 aromatic carbocycles. The summed E-state index contributed by atoms with van der Waals surface area (Å²) in [6.45, 7) is 5.92. The molecule has 2 N–H and O–H groups in total. The predicted molar refractivity (Wildman–Crippen MR) is 67.2 cm³/mol. The molecule has 0 aromatic rings. The molecule has 0 saturated heterocycles. The van der Waals surface area contributed by atoms with Gasteiger partial charge in [-0.2, -0.15) is 0 Å². The third kappa shape index (κ3) is 6.41. The number of carboxylic acid groups (broad SMARTS) is 1. The highest BCUT2D eigenvalue weighted by atomic mass is 32.2. The molecule has 100 valence electrons. The van der Waals surface area contributed by atoms with E-state index in [4.69, 9.17) is 5.11 Å². The molecule has 0 aliphatic heterocycles. The molecule has 2 atom stereocenters. The van der Waals surface area contributed by atoms with Crippen molar-refractivity contribution in [3.8, 4) is 0 Å². The minimum atomic E-state index is -1.67. The van der Waals surface area contributed by atoms with E-state index in [2.05, 4.69) is 5.32 Å². The molecule has 2 unspecified atom stereocenters. The van der Waals surface area contributed by atoms with Crippen LogP contribution in [0.4, 0.5) is 0 Å². The van der Waals surface area contributed by atoms with Crippen LogP contribution in [0.2, 0.25) is 0 Å². The van der Waals surface area contributed by atoms with Crippen molar-refractivity contribution in [2.45, 2.75) is 38.9 Å². The van der Waals surface area contributed by atoms with Crippen molar-refractivity contribution in [3.63, 3.8) is 0 Å². The van der Waals surface area contributed by atoms with E-state index in [9.17, 15) is 13.8 Å². The Morgan fingerprint density at radius 1 is 1.35 bits per heavy atom. The zero-order valence-corrected chi connectivity index (χ0v) is 11.4. The number of amides is 1. The second-order valence-electron chi connectivity index (χ2n) is 4.23. The monoisotopic (exact) mass is 263 g/mol. The smallest absolute Gasteiger partial charge is 0.319 e. The largest absolute Gasteiger partial charge is 0.480 e. The van der Waals surface area contributed by atoms with Crippen molar-refractivity contribution in [2.24, 2.45) is 5.92 Å². The molecule has 0 aliphatic rings. The summed E-state index contributed by atoms with van der Waals surface area (Å²) in [6.07, 6.45) is 1.83. The Morgan fingerprint density at radius 3 is 2.35 bits per heavy atom. The van der Waals surface area contributed by atoms with Gasteiger partial charge in [-0.05, 0) is 12.3 Å². The number of carboxylic acids is 1. The first kappa shape index (κ1) is 16.1. The van der Waals surface area contributed by atoms with E-state index in [1.54, 1.807) is 13.8 Å². The Kier molecular flexibility index (Phi) is 7.78. The lowest BCUT2D eigenvalue weighted by molar-refractivity contribution is -0.137. The fourth-order valence-corrected chi connectivity index (χ4v) is 2.75. The molecule has 0 aromatic heterocycles. The molecule has 0 aliphatic carbocycles. The first-order valence-corrected chi connectivity index (χ1v) is 7.15. The van der Waals surface area contributed by atoms with Gasteiger partial charge in [0.05, 0.1) is 0 Å². The Labute approximate surface area is 104 Å². The van der Waals surface area contributed by atoms with Crippen molar-refractivity contribution in [1.82, 2.24) is 5.32 Å². The highest BCUT2D eigenvalue weighted by molar-refractivity contribution is 7.87. The van der Waals surface area contributed by atoms with Crippen molar-refractivity contribution in [2.75, 3.05) is 12.3 Å². The first-order chi connectivity index (χ1) is 7.90. The summed E-state index contributed by atoms with van der Waals surface area (Å²) >= 11 is 0. The zero-order valence-electron chi connectivity index (χ0n) is 10.6. The second-order valence-corrected chi connectivity index (χ2v) is 5.79. The maximum absolute atomic E-state index is 11.7. The van der Waals surface area contributed by atoms with Crippen LogP contribution in [0.3, 0.4) is 0 Å². The molecular weight excluding hydrogens is 242 g/mol. The van der Waals surface area contributed by atoms with Gasteiger partial charge < -0.3 is 10.4 Å². The molecule has 0 rings (SSSR count). The summed E-state index contributed by atoms with van der Waals surface area (Å²) < 4.78 is 11.7. The van der Waals surface area contributed by atoms with Crippen LogP contribution < -0.4 is 5.32 Å². The third-order valence-electron chi connectivity index (χ3n) is 2.26. The minimum Gasteiger partial charge on any atom is -0.480 e. The SMILES string of the molecule is CCCCNC(=O)CS(=O)C(C(=O)O)C(C)C. The number of hydrogen-bond acceptors (Lipinski definition) is 3. The van der Waals surface area contributed by atoms with Crippen LogP contribution in [-0.4, -0.2) is 38.7 Å². The normalized spacial score (nSPS) is 14.4. The highest BCUT2D eigenvalue weighted by Crippen LogP contribution is 2.10. The van der Waals surface area contributed by atoms with Crippen molar-refractivity contribution < 1.29 is 18.9 Å². The topological polar surface area (TPSA) is 83.5 Å². The number of rotatable bonds is 8. The molecule has 0 fully saturated rings. The van der Waals surface area contributed by atoms with Crippen LogP contribution >= 0.6 is 0 Å². The van der Waals surface area contributed by atoms with Gasteiger partial charge >= 0.3 is 5.97 Å². The van der Waals surface area contributed by atoms with E-state index in [1.165, 1.54) is 0 Å². The summed E-state index contributed by atoms with van der Waals surface area (Å²) in [5, 5.41) is 10.6. The molecule has 1 amide bonds. The number of carbonyl (C=O) groups excluding carboxylic acids is 1. The summed E-state index contributed by atoms with van der Waals surface area (Å²) in [5.74, 6) is -1.95. The van der Waals surface area contributed by atoms with Crippen molar-refractivity contribution >= 4 is 22.7 Å². The highest BCUT2D eigenvalue weighted by Gasteiger charge is 2.29. The molecule has 17 heavy (non-hydrogen) atoms. The van der Waals surface area contributed by atoms with E-state index in [0.29, 0.717) is 6.54 Å². The number of aliphatic carboxylic acids is 1. The lowest BCUT2D eigenvalue weighted by Gasteiger charge is -2.15. The molecule has 0 bridgehead atoms. The lowest BCUT2D eigenvalue weighted by atomic mass is 10.1. The second kappa shape index (κ2) is 8.22. The predicted octanol–water partition coefficient (Wildman–Crippen LogP) is 0.761. The van der Waals surface area contributed by atoms with Gasteiger partial charge in [-0.25, -0.2) is 0 Å². The number of unbranched alkanes of at least 4 members (excludes halogenated alkanes) is 1. The van der Waals surface area contributed by atoms with Crippen LogP contribution in [-0.2, 0) is 20.4 Å². The quantitative estimate of drug-likeness (QED) is 0.633.